The molecule has 0 aliphatic heterocycles. The standard InChI is InChI=1S/C11H22N2O3/c1-6-7-13(8-10(14)12(3)4)11(15)9(2)16-5/h9H,6-8H2,1-5H3. The van der Waals surface area contributed by atoms with E-state index >= 15 is 0 Å². The van der Waals surface area contributed by atoms with Gasteiger partial charge >= 0.3 is 0 Å². The zero-order valence-electron chi connectivity index (χ0n) is 10.8. The van der Waals surface area contributed by atoms with Gasteiger partial charge in [0.2, 0.25) is 5.91 Å². The summed E-state index contributed by atoms with van der Waals surface area (Å²) in [5.74, 6) is -0.218. The Labute approximate surface area is 97.3 Å². The Morgan fingerprint density at radius 1 is 1.31 bits per heavy atom. The number of likely N-dealkylation sites (N-methyl/N-ethyl adjacent to an activating group) is 1. The molecule has 0 radical (unpaired) electrons. The molecule has 1 unspecified atom stereocenters. The first-order valence-corrected chi connectivity index (χ1v) is 5.45. The Hall–Kier alpha value is -1.10. The molecule has 0 aromatic carbocycles. The average Bonchev–Trinajstić information content (AvgIpc) is 2.26. The molecule has 5 heteroatoms. The summed E-state index contributed by atoms with van der Waals surface area (Å²) in [6.07, 6.45) is 0.324. The summed E-state index contributed by atoms with van der Waals surface area (Å²) in [5.41, 5.74) is 0. The van der Waals surface area contributed by atoms with Crippen LogP contribution >= 0.6 is 0 Å². The number of hydrogen-bond donors (Lipinski definition) is 0. The molecular weight excluding hydrogens is 208 g/mol. The fraction of sp³-hybridized carbons (Fsp3) is 0.818. The van der Waals surface area contributed by atoms with E-state index < -0.39 is 6.10 Å². The lowest BCUT2D eigenvalue weighted by atomic mass is 10.3. The van der Waals surface area contributed by atoms with Crippen LogP contribution in [-0.4, -0.2) is 62.0 Å². The van der Waals surface area contributed by atoms with Crippen molar-refractivity contribution in [3.05, 3.63) is 0 Å². The number of hydrogen-bond acceptors (Lipinski definition) is 3. The van der Waals surface area contributed by atoms with Gasteiger partial charge in [-0.05, 0) is 13.3 Å². The zero-order chi connectivity index (χ0) is 12.7. The molecule has 0 aromatic rings. The van der Waals surface area contributed by atoms with Gasteiger partial charge in [-0.15, -0.1) is 0 Å². The third kappa shape index (κ3) is 4.61. The molecule has 0 N–H and O–H groups in total. The van der Waals surface area contributed by atoms with Crippen molar-refractivity contribution in [3.8, 4) is 0 Å². The number of rotatable bonds is 6. The Kier molecular flexibility index (Phi) is 6.72. The molecule has 0 spiro atoms. The molecule has 0 saturated heterocycles. The summed E-state index contributed by atoms with van der Waals surface area (Å²) < 4.78 is 4.97. The number of amides is 2. The van der Waals surface area contributed by atoms with E-state index in [-0.39, 0.29) is 18.4 Å². The smallest absolute Gasteiger partial charge is 0.251 e. The van der Waals surface area contributed by atoms with E-state index in [1.807, 2.05) is 6.92 Å². The van der Waals surface area contributed by atoms with Gasteiger partial charge in [0.15, 0.2) is 0 Å². The highest BCUT2D eigenvalue weighted by Crippen LogP contribution is 2.00. The fourth-order valence-electron chi connectivity index (χ4n) is 1.20. The SMILES string of the molecule is CCCN(CC(=O)N(C)C)C(=O)C(C)OC. The van der Waals surface area contributed by atoms with Crippen molar-refractivity contribution in [2.75, 3.05) is 34.3 Å². The van der Waals surface area contributed by atoms with Crippen LogP contribution in [0, 0.1) is 0 Å². The van der Waals surface area contributed by atoms with Crippen LogP contribution in [0.15, 0.2) is 0 Å². The minimum atomic E-state index is -0.499. The van der Waals surface area contributed by atoms with E-state index in [9.17, 15) is 9.59 Å². The van der Waals surface area contributed by atoms with Crippen LogP contribution in [0.2, 0.25) is 0 Å². The number of carbonyl (C=O) groups excluding carboxylic acids is 2. The predicted octanol–water partition coefficient (Wildman–Crippen LogP) is 0.348. The van der Waals surface area contributed by atoms with E-state index in [2.05, 4.69) is 0 Å². The summed E-state index contributed by atoms with van der Waals surface area (Å²) in [6, 6.07) is 0. The third-order valence-corrected chi connectivity index (χ3v) is 2.33. The van der Waals surface area contributed by atoms with Crippen molar-refractivity contribution in [1.82, 2.24) is 9.80 Å². The van der Waals surface area contributed by atoms with E-state index in [1.165, 1.54) is 16.9 Å². The molecule has 16 heavy (non-hydrogen) atoms. The van der Waals surface area contributed by atoms with Crippen molar-refractivity contribution in [1.29, 1.82) is 0 Å². The second-order valence-corrected chi connectivity index (χ2v) is 3.93. The molecule has 0 fully saturated rings. The maximum absolute atomic E-state index is 11.9. The predicted molar refractivity (Wildman–Crippen MR) is 62.0 cm³/mol. The van der Waals surface area contributed by atoms with E-state index in [0.717, 1.165) is 6.42 Å². The van der Waals surface area contributed by atoms with E-state index in [1.54, 1.807) is 21.0 Å². The van der Waals surface area contributed by atoms with Gasteiger partial charge in [0, 0.05) is 27.7 Å². The summed E-state index contributed by atoms with van der Waals surface area (Å²) in [4.78, 5) is 26.4. The minimum Gasteiger partial charge on any atom is -0.372 e. The van der Waals surface area contributed by atoms with Crippen molar-refractivity contribution in [2.45, 2.75) is 26.4 Å². The van der Waals surface area contributed by atoms with Crippen LogP contribution in [-0.2, 0) is 14.3 Å². The summed E-state index contributed by atoms with van der Waals surface area (Å²) >= 11 is 0. The van der Waals surface area contributed by atoms with Crippen molar-refractivity contribution >= 4 is 11.8 Å². The van der Waals surface area contributed by atoms with Crippen LogP contribution in [0.3, 0.4) is 0 Å². The first kappa shape index (κ1) is 14.9. The quantitative estimate of drug-likeness (QED) is 0.661. The van der Waals surface area contributed by atoms with Crippen molar-refractivity contribution in [2.24, 2.45) is 0 Å². The Morgan fingerprint density at radius 2 is 1.88 bits per heavy atom. The number of carbonyl (C=O) groups is 2. The lowest BCUT2D eigenvalue weighted by Crippen LogP contribution is -2.44. The van der Waals surface area contributed by atoms with Gasteiger partial charge in [0.1, 0.15) is 6.10 Å². The highest BCUT2D eigenvalue weighted by Gasteiger charge is 2.22. The molecule has 0 heterocycles. The molecule has 0 saturated carbocycles. The highest BCUT2D eigenvalue weighted by molar-refractivity contribution is 5.86. The normalized spacial score (nSPS) is 12.1. The molecule has 1 atom stereocenters. The van der Waals surface area contributed by atoms with Gasteiger partial charge in [0.05, 0.1) is 6.54 Å². The van der Waals surface area contributed by atoms with Gasteiger partial charge < -0.3 is 14.5 Å². The van der Waals surface area contributed by atoms with Gasteiger partial charge in [0.25, 0.3) is 5.91 Å². The summed E-state index contributed by atoms with van der Waals surface area (Å²) in [5, 5.41) is 0. The molecule has 0 rings (SSSR count). The minimum absolute atomic E-state index is 0.0786. The highest BCUT2D eigenvalue weighted by atomic mass is 16.5. The summed E-state index contributed by atoms with van der Waals surface area (Å²) in [7, 11) is 4.84. The largest absolute Gasteiger partial charge is 0.372 e. The maximum atomic E-state index is 11.9. The molecule has 2 amide bonds. The topological polar surface area (TPSA) is 49.9 Å². The lowest BCUT2D eigenvalue weighted by Gasteiger charge is -2.25. The average molecular weight is 230 g/mol. The molecular formula is C11H22N2O3. The maximum Gasteiger partial charge on any atom is 0.251 e. The van der Waals surface area contributed by atoms with Gasteiger partial charge in [-0.2, -0.15) is 0 Å². The summed E-state index contributed by atoms with van der Waals surface area (Å²) in [6.45, 7) is 4.35. The van der Waals surface area contributed by atoms with E-state index in [4.69, 9.17) is 4.74 Å². The first-order chi connectivity index (χ1) is 7.43. The Morgan fingerprint density at radius 3 is 2.25 bits per heavy atom. The molecule has 0 aliphatic carbocycles. The Balaban J connectivity index is 4.48. The third-order valence-electron chi connectivity index (χ3n) is 2.33. The van der Waals surface area contributed by atoms with Crippen molar-refractivity contribution in [3.63, 3.8) is 0 Å². The van der Waals surface area contributed by atoms with Crippen molar-refractivity contribution < 1.29 is 14.3 Å². The van der Waals surface area contributed by atoms with Crippen LogP contribution in [0.4, 0.5) is 0 Å². The Bertz CT molecular complexity index is 241. The molecule has 0 aliphatic rings. The van der Waals surface area contributed by atoms with Crippen LogP contribution in [0.1, 0.15) is 20.3 Å². The van der Waals surface area contributed by atoms with Crippen LogP contribution < -0.4 is 0 Å². The molecule has 94 valence electrons. The first-order valence-electron chi connectivity index (χ1n) is 5.45. The van der Waals surface area contributed by atoms with Gasteiger partial charge in [-0.25, -0.2) is 0 Å². The van der Waals surface area contributed by atoms with E-state index in [0.29, 0.717) is 6.54 Å². The molecule has 5 nitrogen and oxygen atoms in total. The van der Waals surface area contributed by atoms with Gasteiger partial charge in [-0.1, -0.05) is 6.92 Å². The monoisotopic (exact) mass is 230 g/mol. The fourth-order valence-corrected chi connectivity index (χ4v) is 1.20. The van der Waals surface area contributed by atoms with Crippen LogP contribution in [0.5, 0.6) is 0 Å². The zero-order valence-corrected chi connectivity index (χ0v) is 10.8. The van der Waals surface area contributed by atoms with Gasteiger partial charge in [-0.3, -0.25) is 9.59 Å². The number of methoxy groups -OCH3 is 1. The second kappa shape index (κ2) is 7.22. The number of nitrogens with zero attached hydrogens (tertiary/aromatic N) is 2. The second-order valence-electron chi connectivity index (χ2n) is 3.93. The number of ether oxygens (including phenoxy) is 1. The lowest BCUT2D eigenvalue weighted by molar-refractivity contribution is -0.145. The molecule has 0 aromatic heterocycles. The van der Waals surface area contributed by atoms with Crippen LogP contribution in [0.25, 0.3) is 0 Å². The molecule has 0 bridgehead atoms.